The van der Waals surface area contributed by atoms with Crippen molar-refractivity contribution in [3.05, 3.63) is 65.7 Å². The fourth-order valence-corrected chi connectivity index (χ4v) is 3.75. The number of likely N-dealkylation sites (tertiary alicyclic amines) is 1. The highest BCUT2D eigenvalue weighted by Gasteiger charge is 2.26. The van der Waals surface area contributed by atoms with Crippen molar-refractivity contribution in [1.29, 1.82) is 0 Å². The first-order chi connectivity index (χ1) is 14.6. The Hall–Kier alpha value is -2.41. The van der Waals surface area contributed by atoms with Gasteiger partial charge in [-0.3, -0.25) is 4.79 Å². The number of nitrogens with zero attached hydrogens (tertiary/aromatic N) is 1. The zero-order valence-electron chi connectivity index (χ0n) is 17.6. The van der Waals surface area contributed by atoms with E-state index in [1.165, 1.54) is 12.7 Å². The van der Waals surface area contributed by atoms with Crippen LogP contribution in [-0.2, 0) is 22.6 Å². The van der Waals surface area contributed by atoms with E-state index in [-0.39, 0.29) is 18.5 Å². The first-order valence-electron chi connectivity index (χ1n) is 10.6. The van der Waals surface area contributed by atoms with E-state index in [0.717, 1.165) is 50.3 Å². The summed E-state index contributed by atoms with van der Waals surface area (Å²) >= 11 is 0. The van der Waals surface area contributed by atoms with Gasteiger partial charge in [0.25, 0.3) is 0 Å². The van der Waals surface area contributed by atoms with E-state index < -0.39 is 6.10 Å². The Morgan fingerprint density at radius 3 is 2.53 bits per heavy atom. The van der Waals surface area contributed by atoms with E-state index in [4.69, 9.17) is 9.47 Å². The Labute approximate surface area is 178 Å². The van der Waals surface area contributed by atoms with E-state index in [0.29, 0.717) is 6.54 Å². The first-order valence-corrected chi connectivity index (χ1v) is 10.6. The van der Waals surface area contributed by atoms with E-state index in [2.05, 4.69) is 28.4 Å². The van der Waals surface area contributed by atoms with Gasteiger partial charge < -0.3 is 24.8 Å². The lowest BCUT2D eigenvalue weighted by molar-refractivity contribution is -0.147. The number of benzene rings is 2. The van der Waals surface area contributed by atoms with E-state index in [9.17, 15) is 9.90 Å². The number of nitrogens with one attached hydrogen (secondary N) is 1. The Bertz CT molecular complexity index is 776. The molecule has 0 amide bonds. The molecule has 3 rings (SSSR count). The van der Waals surface area contributed by atoms with Gasteiger partial charge in [-0.15, -0.1) is 0 Å². The summed E-state index contributed by atoms with van der Waals surface area (Å²) < 4.78 is 10.6. The molecular weight excluding hydrogens is 380 g/mol. The maximum Gasteiger partial charge on any atom is 0.308 e. The van der Waals surface area contributed by atoms with E-state index in [1.54, 1.807) is 0 Å². The average Bonchev–Trinajstić information content (AvgIpc) is 2.79. The monoisotopic (exact) mass is 412 g/mol. The number of rotatable bonds is 10. The molecule has 0 saturated carbocycles. The van der Waals surface area contributed by atoms with Crippen molar-refractivity contribution in [3.63, 3.8) is 0 Å². The smallest absolute Gasteiger partial charge is 0.308 e. The molecule has 2 aromatic rings. The van der Waals surface area contributed by atoms with Gasteiger partial charge >= 0.3 is 5.97 Å². The zero-order valence-corrected chi connectivity index (χ0v) is 17.6. The summed E-state index contributed by atoms with van der Waals surface area (Å²) in [6.07, 6.45) is 0.982. The van der Waals surface area contributed by atoms with Crippen LogP contribution in [0.5, 0.6) is 5.75 Å². The number of aliphatic hydroxyl groups excluding tert-OH is 1. The molecule has 30 heavy (non-hydrogen) atoms. The number of methoxy groups -OCH3 is 1. The Balaban J connectivity index is 1.37. The summed E-state index contributed by atoms with van der Waals surface area (Å²) in [6.45, 7) is 3.95. The molecule has 0 spiro atoms. The largest absolute Gasteiger partial charge is 0.491 e. The van der Waals surface area contributed by atoms with Gasteiger partial charge in [0.1, 0.15) is 18.5 Å². The third kappa shape index (κ3) is 7.13. The summed E-state index contributed by atoms with van der Waals surface area (Å²) in [5, 5.41) is 13.8. The number of esters is 1. The van der Waals surface area contributed by atoms with E-state index in [1.807, 2.05) is 36.4 Å². The standard InChI is InChI=1S/C24H32N2O4/c1-29-24(28)21-10-12-26(13-11-21)17-22(27)18-30-23-9-5-8-20(14-23)16-25-15-19-6-3-2-4-7-19/h2-9,14,21-22,25,27H,10-13,15-18H2,1H3. The van der Waals surface area contributed by atoms with Crippen LogP contribution in [0, 0.1) is 5.92 Å². The van der Waals surface area contributed by atoms with Gasteiger partial charge in [0.2, 0.25) is 0 Å². The lowest BCUT2D eigenvalue weighted by Gasteiger charge is -2.31. The summed E-state index contributed by atoms with van der Waals surface area (Å²) in [7, 11) is 1.43. The third-order valence-electron chi connectivity index (χ3n) is 5.43. The second-order valence-corrected chi connectivity index (χ2v) is 7.80. The molecule has 6 nitrogen and oxygen atoms in total. The molecule has 0 aliphatic carbocycles. The second kappa shape index (κ2) is 11.7. The minimum Gasteiger partial charge on any atom is -0.491 e. The van der Waals surface area contributed by atoms with Crippen LogP contribution in [-0.4, -0.2) is 55.4 Å². The Morgan fingerprint density at radius 1 is 1.10 bits per heavy atom. The third-order valence-corrected chi connectivity index (χ3v) is 5.43. The van der Waals surface area contributed by atoms with Crippen LogP contribution in [0.4, 0.5) is 0 Å². The minimum atomic E-state index is -0.570. The van der Waals surface area contributed by atoms with Crippen molar-refractivity contribution in [3.8, 4) is 5.75 Å². The molecule has 1 aliphatic rings. The number of aliphatic hydroxyl groups is 1. The predicted octanol–water partition coefficient (Wildman–Crippen LogP) is 2.60. The highest BCUT2D eigenvalue weighted by Crippen LogP contribution is 2.19. The lowest BCUT2D eigenvalue weighted by atomic mass is 9.97. The Morgan fingerprint density at radius 2 is 1.80 bits per heavy atom. The molecule has 1 saturated heterocycles. The number of hydrogen-bond acceptors (Lipinski definition) is 6. The number of carbonyl (C=O) groups excluding carboxylic acids is 1. The van der Waals surface area contributed by atoms with Crippen LogP contribution in [0.1, 0.15) is 24.0 Å². The van der Waals surface area contributed by atoms with Crippen molar-refractivity contribution in [2.45, 2.75) is 32.0 Å². The molecule has 1 heterocycles. The quantitative estimate of drug-likeness (QED) is 0.585. The molecule has 6 heteroatoms. The van der Waals surface area contributed by atoms with Gasteiger partial charge in [0.15, 0.2) is 0 Å². The fraction of sp³-hybridized carbons (Fsp3) is 0.458. The van der Waals surface area contributed by atoms with Crippen LogP contribution in [0.2, 0.25) is 0 Å². The van der Waals surface area contributed by atoms with E-state index >= 15 is 0 Å². The van der Waals surface area contributed by atoms with Gasteiger partial charge in [-0.25, -0.2) is 0 Å². The topological polar surface area (TPSA) is 71.0 Å². The summed E-state index contributed by atoms with van der Waals surface area (Å²) in [4.78, 5) is 13.8. The minimum absolute atomic E-state index is 0.0158. The van der Waals surface area contributed by atoms with Gasteiger partial charge in [-0.05, 0) is 49.2 Å². The van der Waals surface area contributed by atoms with Crippen molar-refractivity contribution in [1.82, 2.24) is 10.2 Å². The van der Waals surface area contributed by atoms with Crippen LogP contribution >= 0.6 is 0 Å². The average molecular weight is 413 g/mol. The Kier molecular flexibility index (Phi) is 8.68. The van der Waals surface area contributed by atoms with Gasteiger partial charge in [0.05, 0.1) is 13.0 Å². The fourth-order valence-electron chi connectivity index (χ4n) is 3.75. The molecule has 1 aliphatic heterocycles. The summed E-state index contributed by atoms with van der Waals surface area (Å²) in [6, 6.07) is 18.3. The first kappa shape index (κ1) is 22.3. The highest BCUT2D eigenvalue weighted by molar-refractivity contribution is 5.72. The predicted molar refractivity (Wildman–Crippen MR) is 116 cm³/mol. The summed E-state index contributed by atoms with van der Waals surface area (Å²) in [5.41, 5.74) is 2.39. The zero-order chi connectivity index (χ0) is 21.2. The molecule has 2 aromatic carbocycles. The SMILES string of the molecule is COC(=O)C1CCN(CC(O)COc2cccc(CNCc3ccccc3)c2)CC1. The maximum absolute atomic E-state index is 11.6. The number of β-amino-alcohol motifs (C(OH)–C–C–N with tert-alkyl or cyclic N) is 1. The van der Waals surface area contributed by atoms with Crippen molar-refractivity contribution in [2.75, 3.05) is 33.4 Å². The van der Waals surface area contributed by atoms with Gasteiger partial charge in [-0.1, -0.05) is 42.5 Å². The molecule has 1 atom stereocenters. The number of ether oxygens (including phenoxy) is 2. The molecule has 2 N–H and O–H groups in total. The van der Waals surface area contributed by atoms with Crippen LogP contribution in [0.25, 0.3) is 0 Å². The van der Waals surface area contributed by atoms with Gasteiger partial charge in [0, 0.05) is 19.6 Å². The summed E-state index contributed by atoms with van der Waals surface area (Å²) in [5.74, 6) is 0.618. The van der Waals surface area contributed by atoms with Gasteiger partial charge in [-0.2, -0.15) is 0 Å². The molecule has 1 unspecified atom stereocenters. The van der Waals surface area contributed by atoms with Crippen LogP contribution < -0.4 is 10.1 Å². The lowest BCUT2D eigenvalue weighted by Crippen LogP contribution is -2.42. The molecular formula is C24H32N2O4. The van der Waals surface area contributed by atoms with Crippen LogP contribution in [0.15, 0.2) is 54.6 Å². The molecule has 0 bridgehead atoms. The highest BCUT2D eigenvalue weighted by atomic mass is 16.5. The van der Waals surface area contributed by atoms with Crippen molar-refractivity contribution < 1.29 is 19.4 Å². The number of hydrogen-bond donors (Lipinski definition) is 2. The second-order valence-electron chi connectivity index (χ2n) is 7.80. The molecule has 1 fully saturated rings. The molecule has 0 radical (unpaired) electrons. The molecule has 162 valence electrons. The maximum atomic E-state index is 11.6. The number of carbonyl (C=O) groups is 1. The van der Waals surface area contributed by atoms with Crippen molar-refractivity contribution in [2.24, 2.45) is 5.92 Å². The van der Waals surface area contributed by atoms with Crippen LogP contribution in [0.3, 0.4) is 0 Å². The normalized spacial score (nSPS) is 16.2. The number of piperidine rings is 1. The van der Waals surface area contributed by atoms with Crippen molar-refractivity contribution >= 4 is 5.97 Å². The molecule has 0 aromatic heterocycles.